The van der Waals surface area contributed by atoms with E-state index in [1.807, 2.05) is 37.3 Å². The zero-order valence-corrected chi connectivity index (χ0v) is 24.4. The van der Waals surface area contributed by atoms with Gasteiger partial charge in [-0.1, -0.05) is 79.3 Å². The Kier molecular flexibility index (Phi) is 8.47. The average Bonchev–Trinajstić information content (AvgIpc) is 2.83. The van der Waals surface area contributed by atoms with E-state index >= 15 is 0 Å². The number of fused-ring (bicyclic) bond motifs is 1. The molecule has 0 spiro atoms. The van der Waals surface area contributed by atoms with E-state index in [1.165, 1.54) is 4.68 Å². The fraction of sp³-hybridized carbons (Fsp3) is 0.192. The summed E-state index contributed by atoms with van der Waals surface area (Å²) < 4.78 is 10.2. The Morgan fingerprint density at radius 2 is 1.83 bits per heavy atom. The van der Waals surface area contributed by atoms with Crippen molar-refractivity contribution in [2.24, 2.45) is 5.10 Å². The minimum atomic E-state index is -0.230. The largest absolute Gasteiger partial charge is 0.488 e. The lowest BCUT2D eigenvalue weighted by Crippen LogP contribution is -2.23. The summed E-state index contributed by atoms with van der Waals surface area (Å²) in [4.78, 5) is 18.1. The van der Waals surface area contributed by atoms with Gasteiger partial charge < -0.3 is 4.74 Å². The first kappa shape index (κ1) is 26.1. The van der Waals surface area contributed by atoms with Crippen LogP contribution in [0.3, 0.4) is 0 Å². The number of aromatic nitrogens is 2. The van der Waals surface area contributed by atoms with Crippen LogP contribution in [0.2, 0.25) is 5.02 Å². The fourth-order valence-corrected chi connectivity index (χ4v) is 5.15. The van der Waals surface area contributed by atoms with Crippen molar-refractivity contribution >= 4 is 76.5 Å². The van der Waals surface area contributed by atoms with Crippen LogP contribution in [0, 0.1) is 0 Å². The molecule has 0 N–H and O–H groups in total. The SMILES string of the molecule is CC[C@@H](C)c1nc2ccc(Br)cc2c(=O)n1N=Cc1cc(Cl)ccc1OCc1ccc(Br)cc1Br. The van der Waals surface area contributed by atoms with Gasteiger partial charge >= 0.3 is 0 Å². The molecule has 0 radical (unpaired) electrons. The molecule has 3 aromatic carbocycles. The summed E-state index contributed by atoms with van der Waals surface area (Å²) in [6, 6.07) is 16.7. The third kappa shape index (κ3) is 6.05. The monoisotopic (exact) mass is 679 g/mol. The summed E-state index contributed by atoms with van der Waals surface area (Å²) in [5, 5.41) is 5.59. The second-order valence-corrected chi connectivity index (χ2v) is 11.1. The lowest BCUT2D eigenvalue weighted by Gasteiger charge is -2.14. The van der Waals surface area contributed by atoms with Crippen molar-refractivity contribution in [2.45, 2.75) is 32.8 Å². The maximum Gasteiger partial charge on any atom is 0.282 e. The molecule has 9 heteroatoms. The van der Waals surface area contributed by atoms with Gasteiger partial charge in [0, 0.05) is 35.5 Å². The Labute approximate surface area is 233 Å². The van der Waals surface area contributed by atoms with E-state index in [0.717, 1.165) is 25.4 Å². The highest BCUT2D eigenvalue weighted by molar-refractivity contribution is 9.11. The maximum absolute atomic E-state index is 13.4. The molecule has 0 aliphatic carbocycles. The van der Waals surface area contributed by atoms with Gasteiger partial charge in [0.25, 0.3) is 5.56 Å². The number of hydrogen-bond donors (Lipinski definition) is 0. The maximum atomic E-state index is 13.4. The molecule has 0 amide bonds. The minimum Gasteiger partial charge on any atom is -0.488 e. The highest BCUT2D eigenvalue weighted by atomic mass is 79.9. The summed E-state index contributed by atoms with van der Waals surface area (Å²) in [5.74, 6) is 1.24. The molecule has 1 heterocycles. The van der Waals surface area contributed by atoms with Crippen molar-refractivity contribution < 1.29 is 4.74 Å². The first-order valence-corrected chi connectivity index (χ1v) is 13.7. The van der Waals surface area contributed by atoms with E-state index in [1.54, 1.807) is 30.5 Å². The molecule has 35 heavy (non-hydrogen) atoms. The van der Waals surface area contributed by atoms with E-state index in [0.29, 0.717) is 39.7 Å². The van der Waals surface area contributed by atoms with Crippen LogP contribution in [0.5, 0.6) is 5.75 Å². The predicted molar refractivity (Wildman–Crippen MR) is 153 cm³/mol. The second-order valence-electron chi connectivity index (χ2n) is 8.01. The van der Waals surface area contributed by atoms with Crippen LogP contribution >= 0.6 is 59.4 Å². The molecular formula is C26H21Br3ClN3O2. The van der Waals surface area contributed by atoms with Gasteiger partial charge in [-0.15, -0.1) is 0 Å². The van der Waals surface area contributed by atoms with Gasteiger partial charge in [-0.2, -0.15) is 9.78 Å². The molecule has 0 bridgehead atoms. The van der Waals surface area contributed by atoms with Crippen molar-refractivity contribution in [3.05, 3.63) is 100 Å². The Hall–Kier alpha value is -2.00. The van der Waals surface area contributed by atoms with Crippen LogP contribution in [-0.2, 0) is 6.61 Å². The lowest BCUT2D eigenvalue weighted by molar-refractivity contribution is 0.305. The van der Waals surface area contributed by atoms with Crippen LogP contribution in [0.25, 0.3) is 10.9 Å². The first-order valence-electron chi connectivity index (χ1n) is 10.9. The molecule has 0 unspecified atom stereocenters. The van der Waals surface area contributed by atoms with Crippen LogP contribution < -0.4 is 10.3 Å². The van der Waals surface area contributed by atoms with Crippen molar-refractivity contribution in [2.75, 3.05) is 0 Å². The number of benzene rings is 3. The highest BCUT2D eigenvalue weighted by Gasteiger charge is 2.16. The number of hydrogen-bond acceptors (Lipinski definition) is 4. The molecule has 0 aliphatic rings. The average molecular weight is 683 g/mol. The zero-order valence-electron chi connectivity index (χ0n) is 18.9. The van der Waals surface area contributed by atoms with Gasteiger partial charge in [0.1, 0.15) is 18.2 Å². The highest BCUT2D eigenvalue weighted by Crippen LogP contribution is 2.27. The van der Waals surface area contributed by atoms with Crippen molar-refractivity contribution in [3.8, 4) is 5.75 Å². The summed E-state index contributed by atoms with van der Waals surface area (Å²) in [7, 11) is 0. The molecule has 180 valence electrons. The number of halogens is 4. The Morgan fingerprint density at radius 1 is 1.09 bits per heavy atom. The molecule has 0 saturated heterocycles. The van der Waals surface area contributed by atoms with Crippen molar-refractivity contribution in [1.29, 1.82) is 0 Å². The van der Waals surface area contributed by atoms with E-state index in [2.05, 4.69) is 59.8 Å². The summed E-state index contributed by atoms with van der Waals surface area (Å²) in [5.41, 5.74) is 2.06. The quantitative estimate of drug-likeness (QED) is 0.184. The molecular weight excluding hydrogens is 661 g/mol. The third-order valence-corrected chi connectivity index (χ3v) is 7.53. The number of ether oxygens (including phenoxy) is 1. The second kappa shape index (κ2) is 11.4. The topological polar surface area (TPSA) is 56.5 Å². The van der Waals surface area contributed by atoms with Crippen LogP contribution in [0.4, 0.5) is 0 Å². The third-order valence-electron chi connectivity index (χ3n) is 5.57. The van der Waals surface area contributed by atoms with Crippen molar-refractivity contribution in [3.63, 3.8) is 0 Å². The van der Waals surface area contributed by atoms with Crippen molar-refractivity contribution in [1.82, 2.24) is 9.66 Å². The molecule has 0 saturated carbocycles. The molecule has 0 fully saturated rings. The van der Waals surface area contributed by atoms with Crippen LogP contribution in [0.15, 0.2) is 77.9 Å². The molecule has 4 rings (SSSR count). The van der Waals surface area contributed by atoms with Gasteiger partial charge in [-0.05, 0) is 55.0 Å². The summed E-state index contributed by atoms with van der Waals surface area (Å²) >= 11 is 16.7. The van der Waals surface area contributed by atoms with Gasteiger partial charge in [-0.3, -0.25) is 4.79 Å². The Balaban J connectivity index is 1.74. The van der Waals surface area contributed by atoms with Gasteiger partial charge in [-0.25, -0.2) is 4.98 Å². The molecule has 0 aliphatic heterocycles. The normalized spacial score (nSPS) is 12.4. The Bertz CT molecular complexity index is 1490. The molecule has 1 atom stereocenters. The minimum absolute atomic E-state index is 0.0396. The number of nitrogens with zero attached hydrogens (tertiary/aromatic N) is 3. The molecule has 5 nitrogen and oxygen atoms in total. The lowest BCUT2D eigenvalue weighted by atomic mass is 10.1. The van der Waals surface area contributed by atoms with E-state index < -0.39 is 0 Å². The smallest absolute Gasteiger partial charge is 0.282 e. The van der Waals surface area contributed by atoms with Gasteiger partial charge in [0.15, 0.2) is 0 Å². The van der Waals surface area contributed by atoms with Gasteiger partial charge in [0.2, 0.25) is 0 Å². The standard InChI is InChI=1S/C26H21Br3ClN3O2/c1-3-15(2)25-32-23-8-6-18(27)11-21(23)26(34)33(25)31-13-17-10-20(30)7-9-24(17)35-14-16-4-5-19(28)12-22(16)29/h4-13,15H,3,14H2,1-2H3/t15-/m1/s1. The number of rotatable bonds is 7. The predicted octanol–water partition coefficient (Wildman–Crippen LogP) is 8.31. The van der Waals surface area contributed by atoms with Crippen LogP contribution in [-0.4, -0.2) is 15.9 Å². The van der Waals surface area contributed by atoms with E-state index in [-0.39, 0.29) is 11.5 Å². The van der Waals surface area contributed by atoms with Gasteiger partial charge in [0.05, 0.1) is 17.1 Å². The molecule has 1 aromatic heterocycles. The van der Waals surface area contributed by atoms with Crippen LogP contribution in [0.1, 0.15) is 43.1 Å². The van der Waals surface area contributed by atoms with E-state index in [4.69, 9.17) is 21.3 Å². The molecule has 4 aromatic rings. The Morgan fingerprint density at radius 3 is 2.57 bits per heavy atom. The zero-order chi connectivity index (χ0) is 25.1. The first-order chi connectivity index (χ1) is 16.8. The summed E-state index contributed by atoms with van der Waals surface area (Å²) in [6.07, 6.45) is 2.41. The fourth-order valence-electron chi connectivity index (χ4n) is 3.44. The summed E-state index contributed by atoms with van der Waals surface area (Å²) in [6.45, 7) is 4.43. The van der Waals surface area contributed by atoms with E-state index in [9.17, 15) is 4.79 Å².